The average molecular weight is 381 g/mol. The van der Waals surface area contributed by atoms with Crippen LogP contribution in [0.3, 0.4) is 0 Å². The molecule has 138 valence electrons. The minimum Gasteiger partial charge on any atom is -0.497 e. The predicted octanol–water partition coefficient (Wildman–Crippen LogP) is 4.62. The molecule has 0 saturated carbocycles. The molecular formula is C21H21N2O3S+. The lowest BCUT2D eigenvalue weighted by Crippen LogP contribution is -2.24. The Morgan fingerprint density at radius 1 is 1.19 bits per heavy atom. The largest absolute Gasteiger partial charge is 0.497 e. The summed E-state index contributed by atoms with van der Waals surface area (Å²) in [5.41, 5.74) is 4.35. The third-order valence-corrected chi connectivity index (χ3v) is 5.84. The van der Waals surface area contributed by atoms with E-state index in [1.54, 1.807) is 14.2 Å². The Morgan fingerprint density at radius 2 is 2.04 bits per heavy atom. The van der Waals surface area contributed by atoms with Gasteiger partial charge in [-0.3, -0.25) is 0 Å². The number of hydrogen-bond donors (Lipinski definition) is 1. The molecule has 4 rings (SSSR count). The molecule has 1 aliphatic rings. The van der Waals surface area contributed by atoms with Crippen molar-refractivity contribution in [1.29, 1.82) is 0 Å². The van der Waals surface area contributed by atoms with Crippen molar-refractivity contribution in [2.24, 2.45) is 0 Å². The zero-order chi connectivity index (χ0) is 18.8. The molecule has 0 saturated heterocycles. The topological polar surface area (TPSA) is 54.3 Å². The summed E-state index contributed by atoms with van der Waals surface area (Å²) in [6, 6.07) is 13.7. The highest BCUT2D eigenvalue weighted by molar-refractivity contribution is 7.93. The number of methoxy groups -OCH3 is 2. The van der Waals surface area contributed by atoms with Crippen LogP contribution in [0.25, 0.3) is 16.5 Å². The molecule has 1 N–H and O–H groups in total. The van der Waals surface area contributed by atoms with Crippen molar-refractivity contribution in [3.63, 3.8) is 0 Å². The molecule has 0 amide bonds. The first-order chi connectivity index (χ1) is 13.2. The molecule has 0 aliphatic carbocycles. The fourth-order valence-electron chi connectivity index (χ4n) is 3.46. The number of fused-ring (bicyclic) bond motifs is 1. The second-order valence-electron chi connectivity index (χ2n) is 6.45. The van der Waals surface area contributed by atoms with Crippen LogP contribution in [0.1, 0.15) is 11.1 Å². The number of ether oxygens (including phenoxy) is 2. The quantitative estimate of drug-likeness (QED) is 0.518. The maximum atomic E-state index is 12.5. The van der Waals surface area contributed by atoms with Crippen molar-refractivity contribution >= 4 is 28.4 Å². The smallest absolute Gasteiger partial charge is 0.239 e. The second kappa shape index (κ2) is 7.48. The van der Waals surface area contributed by atoms with E-state index >= 15 is 0 Å². The third-order valence-electron chi connectivity index (χ3n) is 4.87. The lowest BCUT2D eigenvalue weighted by molar-refractivity contribution is -0.405. The van der Waals surface area contributed by atoms with Crippen LogP contribution in [0.2, 0.25) is 0 Å². The maximum absolute atomic E-state index is 12.5. The number of benzene rings is 2. The highest BCUT2D eigenvalue weighted by Crippen LogP contribution is 2.36. The Morgan fingerprint density at radius 3 is 2.85 bits per heavy atom. The first kappa shape index (κ1) is 17.7. The number of nitrogens with zero attached hydrogens (tertiary/aromatic N) is 1. The van der Waals surface area contributed by atoms with Crippen molar-refractivity contribution in [3.8, 4) is 11.5 Å². The molecule has 5 nitrogen and oxygen atoms in total. The number of hydrogen-bond acceptors (Lipinski definition) is 4. The zero-order valence-corrected chi connectivity index (χ0v) is 16.1. The molecular weight excluding hydrogens is 360 g/mol. The molecule has 0 bridgehead atoms. The van der Waals surface area contributed by atoms with E-state index in [0.29, 0.717) is 12.2 Å². The summed E-state index contributed by atoms with van der Waals surface area (Å²) < 4.78 is 11.9. The lowest BCUT2D eigenvalue weighted by Gasteiger charge is -2.16. The van der Waals surface area contributed by atoms with Crippen molar-refractivity contribution in [2.75, 3.05) is 20.0 Å². The summed E-state index contributed by atoms with van der Waals surface area (Å²) in [5, 5.41) is 1.17. The van der Waals surface area contributed by atoms with E-state index in [1.165, 1.54) is 17.3 Å². The van der Waals surface area contributed by atoms with Gasteiger partial charge in [-0.25, -0.2) is 0 Å². The number of aromatic amines is 1. The van der Waals surface area contributed by atoms with E-state index in [4.69, 9.17) is 9.47 Å². The zero-order valence-electron chi connectivity index (χ0n) is 15.3. The molecule has 2 heterocycles. The first-order valence-corrected chi connectivity index (χ1v) is 9.71. The van der Waals surface area contributed by atoms with Crippen LogP contribution >= 0.6 is 11.9 Å². The molecule has 27 heavy (non-hydrogen) atoms. The molecule has 2 aromatic carbocycles. The summed E-state index contributed by atoms with van der Waals surface area (Å²) in [7, 11) is 3.29. The summed E-state index contributed by atoms with van der Waals surface area (Å²) in [4.78, 5) is 15.7. The third kappa shape index (κ3) is 3.45. The maximum Gasteiger partial charge on any atom is 0.239 e. The van der Waals surface area contributed by atoms with Gasteiger partial charge in [-0.05, 0) is 35.4 Å². The van der Waals surface area contributed by atoms with E-state index < -0.39 is 0 Å². The summed E-state index contributed by atoms with van der Waals surface area (Å²) in [6.45, 7) is 0. The Hall–Kier alpha value is -2.73. The first-order valence-electron chi connectivity index (χ1n) is 8.77. The molecule has 0 radical (unpaired) electrons. The molecule has 0 spiro atoms. The minimum atomic E-state index is -0.232. The summed E-state index contributed by atoms with van der Waals surface area (Å²) >= 11 is 1.30. The minimum absolute atomic E-state index is 0.232. The molecule has 1 aliphatic heterocycles. The highest BCUT2D eigenvalue weighted by atomic mass is 32.2. The summed E-state index contributed by atoms with van der Waals surface area (Å²) in [5.74, 6) is 2.13. The normalized spacial score (nSPS) is 17.0. The van der Waals surface area contributed by atoms with E-state index in [2.05, 4.69) is 17.1 Å². The number of rotatable bonds is 5. The van der Waals surface area contributed by atoms with E-state index in [0.717, 1.165) is 37.9 Å². The molecule has 1 aromatic heterocycles. The van der Waals surface area contributed by atoms with Gasteiger partial charge in [0.15, 0.2) is 0 Å². The number of nitroso groups, excluding NO2 is 1. The van der Waals surface area contributed by atoms with Gasteiger partial charge in [-0.15, -0.1) is 0 Å². The van der Waals surface area contributed by atoms with E-state index in [9.17, 15) is 4.91 Å². The van der Waals surface area contributed by atoms with Gasteiger partial charge in [-0.1, -0.05) is 18.2 Å². The fraction of sp³-hybridized carbons (Fsp3) is 0.238. The molecule has 6 heteroatoms. The van der Waals surface area contributed by atoms with Crippen LogP contribution in [0.5, 0.6) is 11.5 Å². The Bertz CT molecular complexity index is 1030. The SMILES string of the molecule is COc1ccc(C2=C[C@H](Cc3c[nH]c4ccccc34)[N+](=O)SC2)c(OC)c1. The lowest BCUT2D eigenvalue weighted by atomic mass is 9.99. The van der Waals surface area contributed by atoms with Gasteiger partial charge < -0.3 is 14.5 Å². The van der Waals surface area contributed by atoms with Crippen molar-refractivity contribution in [2.45, 2.75) is 12.5 Å². The van der Waals surface area contributed by atoms with Crippen LogP contribution in [-0.4, -0.2) is 35.2 Å². The number of para-hydroxylation sites is 1. The molecule has 1 atom stereocenters. The van der Waals surface area contributed by atoms with Crippen LogP contribution in [0.4, 0.5) is 0 Å². The number of nitrogens with one attached hydrogen (secondary N) is 1. The van der Waals surface area contributed by atoms with Crippen LogP contribution < -0.4 is 9.47 Å². The standard InChI is InChI=1S/C21H21N2O3S/c1-25-17-7-8-19(21(11-17)26-2)15-10-16(23(24)27-13-15)9-14-12-22-20-6-4-3-5-18(14)20/h3-8,10-12,16,22H,9,13H2,1-2H3/q+1/t16-/m0/s1. The summed E-state index contributed by atoms with van der Waals surface area (Å²) in [6.07, 6.45) is 4.72. The van der Waals surface area contributed by atoms with Gasteiger partial charge in [0, 0.05) is 40.1 Å². The Balaban J connectivity index is 1.67. The average Bonchev–Trinajstić information content (AvgIpc) is 3.12. The van der Waals surface area contributed by atoms with Crippen LogP contribution in [0, 0.1) is 4.91 Å². The highest BCUT2D eigenvalue weighted by Gasteiger charge is 2.32. The van der Waals surface area contributed by atoms with Crippen molar-refractivity contribution in [3.05, 3.63) is 70.8 Å². The molecule has 0 fully saturated rings. The van der Waals surface area contributed by atoms with Crippen LogP contribution in [0.15, 0.2) is 54.7 Å². The number of H-pyrrole nitrogens is 1. The van der Waals surface area contributed by atoms with Crippen LogP contribution in [-0.2, 0) is 6.42 Å². The van der Waals surface area contributed by atoms with Gasteiger partial charge >= 0.3 is 0 Å². The van der Waals surface area contributed by atoms with Crippen molar-refractivity contribution < 1.29 is 13.6 Å². The van der Waals surface area contributed by atoms with Gasteiger partial charge in [0.1, 0.15) is 11.5 Å². The van der Waals surface area contributed by atoms with Gasteiger partial charge in [-0.2, -0.15) is 0 Å². The van der Waals surface area contributed by atoms with Crippen molar-refractivity contribution in [1.82, 2.24) is 4.98 Å². The Kier molecular flexibility index (Phi) is 4.90. The van der Waals surface area contributed by atoms with E-state index in [-0.39, 0.29) is 6.04 Å². The molecule has 0 unspecified atom stereocenters. The van der Waals surface area contributed by atoms with Gasteiger partial charge in [0.25, 0.3) is 0 Å². The fourth-order valence-corrected chi connectivity index (χ4v) is 4.31. The monoisotopic (exact) mass is 381 g/mol. The van der Waals surface area contributed by atoms with Gasteiger partial charge in [0.2, 0.25) is 18.0 Å². The number of aromatic nitrogens is 1. The second-order valence-corrected chi connectivity index (χ2v) is 7.35. The predicted molar refractivity (Wildman–Crippen MR) is 109 cm³/mol. The molecule has 3 aromatic rings. The van der Waals surface area contributed by atoms with E-state index in [1.807, 2.05) is 42.6 Å². The Labute approximate surface area is 162 Å². The van der Waals surface area contributed by atoms with Gasteiger partial charge in [0.05, 0.1) is 24.1 Å².